The predicted octanol–water partition coefficient (Wildman–Crippen LogP) is -0.372. The van der Waals surface area contributed by atoms with E-state index in [4.69, 9.17) is 0 Å². The van der Waals surface area contributed by atoms with Crippen molar-refractivity contribution in [3.8, 4) is 44.8 Å². The zero-order valence-electron chi connectivity index (χ0n) is 29.3. The largest absolute Gasteiger partial charge is 4.00 e. The first kappa shape index (κ1) is 46.2. The molecule has 0 fully saturated rings. The summed E-state index contributed by atoms with van der Waals surface area (Å²) in [6.45, 7) is 0. The monoisotopic (exact) mass is 975 g/mol. The topological polar surface area (TPSA) is 51.6 Å². The average molecular weight is 977 g/mol. The molecule has 0 N–H and O–H groups in total. The van der Waals surface area contributed by atoms with Gasteiger partial charge in [0, 0.05) is 46.7 Å². The molecule has 0 atom stereocenters. The van der Waals surface area contributed by atoms with Crippen molar-refractivity contribution in [1.29, 1.82) is 0 Å². The van der Waals surface area contributed by atoms with Crippen LogP contribution in [-0.4, -0.2) is 19.9 Å². The Morgan fingerprint density at radius 1 is 0.255 bits per heavy atom. The second-order valence-electron chi connectivity index (χ2n) is 11.5. The molecule has 0 aliphatic carbocycles. The number of nitrogens with zero attached hydrogens (tertiary/aromatic N) is 4. The molecule has 1 radical (unpaired) electrons. The molecule has 0 aliphatic heterocycles. The smallest absolute Gasteiger partial charge is 1.00 e. The Kier molecular flexibility index (Phi) is 19.9. The van der Waals surface area contributed by atoms with Gasteiger partial charge in [-0.05, 0) is 58.7 Å². The van der Waals surface area contributed by atoms with E-state index in [1.807, 2.05) is 110 Å². The van der Waals surface area contributed by atoms with Gasteiger partial charge in [-0.15, -0.1) is 0 Å². The SMILES string of the molecule is [Cl-].[Cl-].[Cl-].[Cl-].[Ir+4].c1ccc(-c2ccccn2)cc1.c1ccc(-c2ccccn2)cc1.c1ccc(-c2ccnc3c2ccc2c(-c4ccccc4)ccnc23)cc1. The third-order valence-corrected chi connectivity index (χ3v) is 8.26. The standard InChI is InChI=1S/C24H16N2.2C11H9N.4ClH.Ir/c1-3-7-17(8-4-1)19-13-15-25-23-21(19)11-12-22-20(14-16-26-24(22)23)18-9-5-2-6-10-18;2*1-2-6-10(7-3-1)11-8-4-5-9-12-11;;;;;/h1-16H;2*1-9H;4*1H;/q;;;;;;;+4/p-4. The van der Waals surface area contributed by atoms with Gasteiger partial charge in [0.05, 0.1) is 22.4 Å². The molecule has 275 valence electrons. The summed E-state index contributed by atoms with van der Waals surface area (Å²) in [7, 11) is 0. The van der Waals surface area contributed by atoms with Gasteiger partial charge in [0.2, 0.25) is 0 Å². The summed E-state index contributed by atoms with van der Waals surface area (Å²) in [6, 6.07) is 61.5. The fraction of sp³-hybridized carbons (Fsp3) is 0. The van der Waals surface area contributed by atoms with E-state index in [0.717, 1.165) is 44.3 Å². The van der Waals surface area contributed by atoms with Crippen molar-refractivity contribution in [2.75, 3.05) is 0 Å². The molecule has 4 nitrogen and oxygen atoms in total. The van der Waals surface area contributed by atoms with Crippen molar-refractivity contribution in [3.05, 3.63) is 207 Å². The Balaban J connectivity index is 0.000000306. The molecule has 0 bridgehead atoms. The third-order valence-electron chi connectivity index (χ3n) is 8.26. The molecule has 55 heavy (non-hydrogen) atoms. The van der Waals surface area contributed by atoms with E-state index in [9.17, 15) is 0 Å². The normalized spacial score (nSPS) is 9.45. The van der Waals surface area contributed by atoms with E-state index < -0.39 is 0 Å². The van der Waals surface area contributed by atoms with Gasteiger partial charge in [-0.1, -0.05) is 146 Å². The number of hydrogen-bond donors (Lipinski definition) is 0. The number of hydrogen-bond acceptors (Lipinski definition) is 4. The van der Waals surface area contributed by atoms with Gasteiger partial charge in [0.1, 0.15) is 0 Å². The van der Waals surface area contributed by atoms with Crippen molar-refractivity contribution in [1.82, 2.24) is 19.9 Å². The Labute approximate surface area is 360 Å². The summed E-state index contributed by atoms with van der Waals surface area (Å²) < 4.78 is 0. The second kappa shape index (κ2) is 23.7. The molecular formula is C46H34Cl4IrN4. The fourth-order valence-corrected chi connectivity index (χ4v) is 5.85. The molecule has 4 heterocycles. The molecule has 0 unspecified atom stereocenters. The van der Waals surface area contributed by atoms with Gasteiger partial charge in [0.25, 0.3) is 0 Å². The van der Waals surface area contributed by atoms with E-state index in [1.54, 1.807) is 0 Å². The summed E-state index contributed by atoms with van der Waals surface area (Å²) in [6.07, 6.45) is 7.37. The van der Waals surface area contributed by atoms with Crippen molar-refractivity contribution in [2.45, 2.75) is 0 Å². The average Bonchev–Trinajstić information content (AvgIpc) is 3.23. The van der Waals surface area contributed by atoms with Crippen LogP contribution >= 0.6 is 0 Å². The van der Waals surface area contributed by atoms with E-state index in [-0.39, 0.29) is 69.7 Å². The van der Waals surface area contributed by atoms with E-state index in [0.29, 0.717) is 0 Å². The molecule has 0 spiro atoms. The van der Waals surface area contributed by atoms with Crippen LogP contribution in [0.25, 0.3) is 66.6 Å². The molecule has 9 aromatic rings. The van der Waals surface area contributed by atoms with Crippen LogP contribution < -0.4 is 49.6 Å². The molecule has 0 amide bonds. The van der Waals surface area contributed by atoms with Gasteiger partial charge in [-0.25, -0.2) is 0 Å². The quantitative estimate of drug-likeness (QED) is 0.227. The number of fused-ring (bicyclic) bond motifs is 3. The Bertz CT molecular complexity index is 2170. The summed E-state index contributed by atoms with van der Waals surface area (Å²) >= 11 is 0. The maximum absolute atomic E-state index is 4.67. The summed E-state index contributed by atoms with van der Waals surface area (Å²) in [5, 5.41) is 2.26. The Hall–Kier alpha value is -4.97. The molecule has 9 heteroatoms. The number of aromatic nitrogens is 4. The third kappa shape index (κ3) is 11.8. The minimum Gasteiger partial charge on any atom is -1.00 e. The van der Waals surface area contributed by atoms with Crippen LogP contribution in [0.15, 0.2) is 207 Å². The maximum atomic E-state index is 4.67. The van der Waals surface area contributed by atoms with Crippen molar-refractivity contribution < 1.29 is 69.7 Å². The Morgan fingerprint density at radius 3 is 0.873 bits per heavy atom. The van der Waals surface area contributed by atoms with Crippen LogP contribution in [0.1, 0.15) is 0 Å². The van der Waals surface area contributed by atoms with Crippen LogP contribution in [0.4, 0.5) is 0 Å². The zero-order chi connectivity index (χ0) is 33.8. The fourth-order valence-electron chi connectivity index (χ4n) is 5.85. The number of halogens is 4. The van der Waals surface area contributed by atoms with Crippen LogP contribution in [0, 0.1) is 0 Å². The van der Waals surface area contributed by atoms with Gasteiger partial charge >= 0.3 is 20.1 Å². The summed E-state index contributed by atoms with van der Waals surface area (Å²) in [4.78, 5) is 17.8. The number of pyridine rings is 4. The first-order valence-corrected chi connectivity index (χ1v) is 16.6. The minimum absolute atomic E-state index is 0. The Morgan fingerprint density at radius 2 is 0.564 bits per heavy atom. The minimum atomic E-state index is 0. The van der Waals surface area contributed by atoms with E-state index >= 15 is 0 Å². The molecule has 4 aromatic heterocycles. The van der Waals surface area contributed by atoms with Gasteiger partial charge in [-0.3, -0.25) is 19.9 Å². The molecular weight excluding hydrogens is 943 g/mol. The molecule has 0 saturated heterocycles. The van der Waals surface area contributed by atoms with E-state index in [1.165, 1.54) is 22.3 Å². The molecule has 0 saturated carbocycles. The van der Waals surface area contributed by atoms with E-state index in [2.05, 4.69) is 117 Å². The van der Waals surface area contributed by atoms with Crippen molar-refractivity contribution >= 4 is 21.8 Å². The first-order chi connectivity index (χ1) is 24.8. The zero-order valence-corrected chi connectivity index (χ0v) is 34.7. The second-order valence-corrected chi connectivity index (χ2v) is 11.5. The first-order valence-electron chi connectivity index (χ1n) is 16.6. The van der Waals surface area contributed by atoms with Gasteiger partial charge in [0.15, 0.2) is 0 Å². The number of rotatable bonds is 4. The van der Waals surface area contributed by atoms with Gasteiger partial charge in [-0.2, -0.15) is 0 Å². The van der Waals surface area contributed by atoms with Crippen LogP contribution in [0.2, 0.25) is 0 Å². The van der Waals surface area contributed by atoms with Crippen LogP contribution in [-0.2, 0) is 20.1 Å². The van der Waals surface area contributed by atoms with Gasteiger partial charge < -0.3 is 49.6 Å². The summed E-state index contributed by atoms with van der Waals surface area (Å²) in [5.41, 5.74) is 11.0. The van der Waals surface area contributed by atoms with Crippen LogP contribution in [0.3, 0.4) is 0 Å². The maximum Gasteiger partial charge on any atom is 4.00 e. The van der Waals surface area contributed by atoms with Crippen LogP contribution in [0.5, 0.6) is 0 Å². The predicted molar refractivity (Wildman–Crippen MR) is 207 cm³/mol. The molecule has 0 aliphatic rings. The molecule has 5 aromatic carbocycles. The van der Waals surface area contributed by atoms with Crippen molar-refractivity contribution in [3.63, 3.8) is 0 Å². The molecule has 9 rings (SSSR count). The summed E-state index contributed by atoms with van der Waals surface area (Å²) in [5.74, 6) is 0. The van der Waals surface area contributed by atoms with Crippen molar-refractivity contribution in [2.24, 2.45) is 0 Å². The number of benzene rings is 5.